The lowest BCUT2D eigenvalue weighted by Gasteiger charge is -2.08. The van der Waals surface area contributed by atoms with E-state index in [1.807, 2.05) is 12.3 Å². The van der Waals surface area contributed by atoms with E-state index in [4.69, 9.17) is 17.8 Å². The van der Waals surface area contributed by atoms with Crippen LogP contribution >= 0.6 is 0 Å². The van der Waals surface area contributed by atoms with Crippen molar-refractivity contribution < 1.29 is 48.8 Å². The Labute approximate surface area is 133 Å². The van der Waals surface area contributed by atoms with Crippen LogP contribution in [-0.2, 0) is 21.5 Å². The molecule has 24 heavy (non-hydrogen) atoms. The largest absolute Gasteiger partial charge is 0.741 e. The topological polar surface area (TPSA) is 120 Å². The second-order valence-electron chi connectivity index (χ2n) is 3.95. The summed E-state index contributed by atoms with van der Waals surface area (Å²) < 4.78 is 93.1. The van der Waals surface area contributed by atoms with E-state index >= 15 is 0 Å². The summed E-state index contributed by atoms with van der Waals surface area (Å²) in [6, 6.07) is 2.01. The van der Waals surface area contributed by atoms with Gasteiger partial charge in [-0.1, -0.05) is 13.3 Å². The smallest absolute Gasteiger partial charge is 0.485 e. The highest BCUT2D eigenvalue weighted by atomic mass is 32.2. The molecule has 1 aromatic heterocycles. The Bertz CT molecular complexity index is 568. The van der Waals surface area contributed by atoms with Gasteiger partial charge in [0.1, 0.15) is 0 Å². The van der Waals surface area contributed by atoms with Crippen molar-refractivity contribution in [2.24, 2.45) is 5.73 Å². The van der Waals surface area contributed by atoms with Crippen LogP contribution < -0.4 is 10.4 Å². The molecule has 1 amide bonds. The van der Waals surface area contributed by atoms with E-state index in [0.29, 0.717) is 0 Å². The zero-order valence-corrected chi connectivity index (χ0v) is 13.0. The Hall–Kier alpha value is -1.83. The molecule has 0 aliphatic heterocycles. The van der Waals surface area contributed by atoms with E-state index in [0.717, 1.165) is 6.54 Å². The minimum absolute atomic E-state index is 1.11. The third-order valence-electron chi connectivity index (χ3n) is 1.92. The predicted molar refractivity (Wildman–Crippen MR) is 66.9 cm³/mol. The molecule has 7 nitrogen and oxygen atoms in total. The number of nitrogens with zero attached hydrogens (tertiary/aromatic N) is 1. The molecular weight excluding hydrogens is 372 g/mol. The van der Waals surface area contributed by atoms with Crippen molar-refractivity contribution in [1.82, 2.24) is 5.10 Å². The quantitative estimate of drug-likeness (QED) is 0.350. The summed E-state index contributed by atoms with van der Waals surface area (Å²) in [5, 5.41) is 3.09. The lowest BCUT2D eigenvalue weighted by molar-refractivity contribution is -0.750. The van der Waals surface area contributed by atoms with Crippen molar-refractivity contribution in [2.45, 2.75) is 38.0 Å². The maximum absolute atomic E-state index is 10.7. The Morgan fingerprint density at radius 1 is 1.25 bits per heavy atom. The summed E-state index contributed by atoms with van der Waals surface area (Å²) in [7, 11) is -6.09. The summed E-state index contributed by atoms with van der Waals surface area (Å²) in [6.45, 7) is 3.31. The first kappa shape index (κ1) is 24.4. The second-order valence-corrected chi connectivity index (χ2v) is 5.32. The minimum Gasteiger partial charge on any atom is -0.741 e. The normalized spacial score (nSPS) is 11.7. The second kappa shape index (κ2) is 10.1. The molecule has 0 aliphatic rings. The van der Waals surface area contributed by atoms with Gasteiger partial charge in [0, 0.05) is 12.5 Å². The molecule has 0 saturated heterocycles. The Kier molecular flexibility index (Phi) is 10.3. The number of hydrogen-bond acceptors (Lipinski definition) is 4. The summed E-state index contributed by atoms with van der Waals surface area (Å²) >= 11 is 0. The number of nitrogens with one attached hydrogen (secondary N) is 1. The van der Waals surface area contributed by atoms with Crippen molar-refractivity contribution in [1.29, 1.82) is 0 Å². The molecule has 1 heterocycles. The van der Waals surface area contributed by atoms with Crippen molar-refractivity contribution in [3.8, 4) is 0 Å². The number of aryl methyl sites for hydroxylation is 1. The fraction of sp³-hybridized carbons (Fsp3) is 0.600. The third kappa shape index (κ3) is 12.7. The van der Waals surface area contributed by atoms with Gasteiger partial charge in [0.05, 0.1) is 6.20 Å². The van der Waals surface area contributed by atoms with E-state index in [-0.39, 0.29) is 0 Å². The Balaban J connectivity index is 0. The van der Waals surface area contributed by atoms with Gasteiger partial charge in [-0.2, -0.15) is 31.4 Å². The Morgan fingerprint density at radius 2 is 1.67 bits per heavy atom. The SMILES string of the molecule is CCCC[n+]1ccc[nH]1.NC(=O)C(F)(F)F.O=S(=O)([O-])C(F)(F)F. The molecule has 0 aliphatic carbocycles. The number of amides is 1. The van der Waals surface area contributed by atoms with E-state index in [1.165, 1.54) is 12.8 Å². The monoisotopic (exact) mass is 387 g/mol. The zero-order chi connectivity index (χ0) is 19.6. The molecule has 0 unspecified atom stereocenters. The number of unbranched alkanes of at least 4 members (excludes halogenated alkanes) is 1. The van der Waals surface area contributed by atoms with Crippen LogP contribution in [-0.4, -0.2) is 35.7 Å². The molecule has 0 aromatic carbocycles. The van der Waals surface area contributed by atoms with Gasteiger partial charge in [-0.3, -0.25) is 4.79 Å². The van der Waals surface area contributed by atoms with Crippen LogP contribution in [0.4, 0.5) is 26.3 Å². The first-order valence-electron chi connectivity index (χ1n) is 6.04. The predicted octanol–water partition coefficient (Wildman–Crippen LogP) is 1.19. The third-order valence-corrected chi connectivity index (χ3v) is 2.48. The number of nitrogens with two attached hydrogens (primary N) is 1. The number of aromatic nitrogens is 2. The van der Waals surface area contributed by atoms with E-state index in [9.17, 15) is 26.3 Å². The molecule has 14 heteroatoms. The lowest BCUT2D eigenvalue weighted by atomic mass is 10.3. The van der Waals surface area contributed by atoms with E-state index in [1.54, 1.807) is 0 Å². The number of halogens is 6. The molecule has 0 bridgehead atoms. The van der Waals surface area contributed by atoms with Crippen molar-refractivity contribution in [3.63, 3.8) is 0 Å². The van der Waals surface area contributed by atoms with E-state index in [2.05, 4.69) is 28.6 Å². The fourth-order valence-electron chi connectivity index (χ4n) is 0.796. The van der Waals surface area contributed by atoms with Crippen LogP contribution in [0.25, 0.3) is 0 Å². The molecule has 0 atom stereocenters. The van der Waals surface area contributed by atoms with Gasteiger partial charge >= 0.3 is 17.6 Å². The van der Waals surface area contributed by atoms with Crippen LogP contribution in [0, 0.1) is 0 Å². The number of rotatable bonds is 3. The summed E-state index contributed by atoms with van der Waals surface area (Å²) in [4.78, 5) is 9.12. The van der Waals surface area contributed by atoms with Gasteiger partial charge < -0.3 is 10.3 Å². The van der Waals surface area contributed by atoms with Crippen molar-refractivity contribution >= 4 is 16.0 Å². The van der Waals surface area contributed by atoms with E-state index < -0.39 is 27.7 Å². The molecule has 1 aromatic rings. The fourth-order valence-corrected chi connectivity index (χ4v) is 0.796. The molecular formula is C10H15F6N3O4S. The van der Waals surface area contributed by atoms with Crippen LogP contribution in [0.1, 0.15) is 19.8 Å². The van der Waals surface area contributed by atoms with Gasteiger partial charge in [0.25, 0.3) is 0 Å². The first-order valence-corrected chi connectivity index (χ1v) is 7.45. The number of H-pyrrole nitrogens is 1. The van der Waals surface area contributed by atoms with Crippen LogP contribution in [0.5, 0.6) is 0 Å². The van der Waals surface area contributed by atoms with Gasteiger partial charge in [0.2, 0.25) is 0 Å². The lowest BCUT2D eigenvalue weighted by Crippen LogP contribution is -2.34. The standard InChI is InChI=1S/C7H12N2.C2H2F3NO.CHF3O3S/c1-2-3-6-9-7-4-5-8-9;3-2(4,5)1(6)7;2-1(3,4)8(5,6)7/h4-5,7H,2-3,6H2,1H3;(H2,6,7);(H,5,6,7). The number of primary amides is 1. The van der Waals surface area contributed by atoms with Gasteiger partial charge in [-0.15, -0.1) is 4.68 Å². The molecule has 0 saturated carbocycles. The molecule has 0 radical (unpaired) electrons. The number of alkyl halides is 6. The average molecular weight is 387 g/mol. The summed E-state index contributed by atoms with van der Waals surface area (Å²) in [5.74, 6) is -2.26. The number of hydrogen-bond donors (Lipinski definition) is 2. The van der Waals surface area contributed by atoms with Crippen LogP contribution in [0.2, 0.25) is 0 Å². The maximum atomic E-state index is 10.7. The number of aromatic amines is 1. The van der Waals surface area contributed by atoms with Crippen LogP contribution in [0.15, 0.2) is 18.5 Å². The van der Waals surface area contributed by atoms with Gasteiger partial charge in [0.15, 0.2) is 22.9 Å². The minimum atomic E-state index is -6.09. The molecule has 1 rings (SSSR count). The highest BCUT2D eigenvalue weighted by molar-refractivity contribution is 7.86. The van der Waals surface area contributed by atoms with Crippen LogP contribution in [0.3, 0.4) is 0 Å². The average Bonchev–Trinajstić information content (AvgIpc) is 2.87. The molecule has 0 spiro atoms. The highest BCUT2D eigenvalue weighted by Gasteiger charge is 2.37. The van der Waals surface area contributed by atoms with Gasteiger partial charge in [-0.05, 0) is 0 Å². The number of carbonyl (C=O) groups is 1. The zero-order valence-electron chi connectivity index (χ0n) is 12.2. The van der Waals surface area contributed by atoms with Crippen molar-refractivity contribution in [2.75, 3.05) is 0 Å². The first-order chi connectivity index (χ1) is 10.6. The summed E-state index contributed by atoms with van der Waals surface area (Å²) in [6.07, 6.45) is 1.64. The molecule has 3 N–H and O–H groups in total. The molecule has 0 fully saturated rings. The maximum Gasteiger partial charge on any atom is 0.485 e. The highest BCUT2D eigenvalue weighted by Crippen LogP contribution is 2.20. The number of carbonyl (C=O) groups excluding carboxylic acids is 1. The van der Waals surface area contributed by atoms with Gasteiger partial charge in [-0.25, -0.2) is 8.42 Å². The Morgan fingerprint density at radius 3 is 1.88 bits per heavy atom. The molecule has 142 valence electrons. The van der Waals surface area contributed by atoms with Crippen molar-refractivity contribution in [3.05, 3.63) is 18.5 Å². The summed E-state index contributed by atoms with van der Waals surface area (Å²) in [5.41, 5.74) is -1.84.